The van der Waals surface area contributed by atoms with Gasteiger partial charge in [-0.15, -0.1) is 0 Å². The smallest absolute Gasteiger partial charge is 0.224 e. The molecule has 1 heterocycles. The van der Waals surface area contributed by atoms with Gasteiger partial charge in [-0.3, -0.25) is 14.4 Å². The second-order valence-corrected chi connectivity index (χ2v) is 6.56. The quantitative estimate of drug-likeness (QED) is 0.779. The fourth-order valence-corrected chi connectivity index (χ4v) is 3.12. The number of amides is 3. The summed E-state index contributed by atoms with van der Waals surface area (Å²) in [7, 11) is 1.52. The van der Waals surface area contributed by atoms with E-state index < -0.39 is 0 Å². The van der Waals surface area contributed by atoms with Crippen molar-refractivity contribution in [2.75, 3.05) is 44.7 Å². The van der Waals surface area contributed by atoms with E-state index in [1.54, 1.807) is 28.0 Å². The topological polar surface area (TPSA) is 70.2 Å². The predicted molar refractivity (Wildman–Crippen MR) is 99.5 cm³/mol. The summed E-state index contributed by atoms with van der Waals surface area (Å²) in [5, 5.41) is 0.485. The number of piperazine rings is 1. The summed E-state index contributed by atoms with van der Waals surface area (Å²) >= 11 is 6.05. The summed E-state index contributed by atoms with van der Waals surface area (Å²) in [6.07, 6.45) is 0.190. The highest BCUT2D eigenvalue weighted by Gasteiger charge is 2.24. The van der Waals surface area contributed by atoms with Crippen LogP contribution in [0, 0.1) is 0 Å². The highest BCUT2D eigenvalue weighted by molar-refractivity contribution is 6.31. The lowest BCUT2D eigenvalue weighted by molar-refractivity contribution is -0.138. The highest BCUT2D eigenvalue weighted by Crippen LogP contribution is 2.31. The third kappa shape index (κ3) is 4.88. The lowest BCUT2D eigenvalue weighted by Gasteiger charge is -2.34. The van der Waals surface area contributed by atoms with Gasteiger partial charge >= 0.3 is 0 Å². The number of methoxy groups -OCH3 is 1. The van der Waals surface area contributed by atoms with Crippen LogP contribution in [0.25, 0.3) is 0 Å². The third-order valence-electron chi connectivity index (χ3n) is 4.44. The van der Waals surface area contributed by atoms with Gasteiger partial charge in [0.05, 0.1) is 12.8 Å². The van der Waals surface area contributed by atoms with Crippen LogP contribution >= 0.6 is 11.6 Å². The van der Waals surface area contributed by atoms with Crippen LogP contribution in [0.3, 0.4) is 0 Å². The summed E-state index contributed by atoms with van der Waals surface area (Å²) < 4.78 is 5.30. The van der Waals surface area contributed by atoms with Crippen molar-refractivity contribution >= 4 is 35.0 Å². The van der Waals surface area contributed by atoms with Gasteiger partial charge in [0.2, 0.25) is 17.7 Å². The Morgan fingerprint density at radius 1 is 1.12 bits per heavy atom. The van der Waals surface area contributed by atoms with E-state index in [0.29, 0.717) is 42.6 Å². The number of hydrogen-bond donors (Lipinski definition) is 0. The highest BCUT2D eigenvalue weighted by atomic mass is 35.5. The average molecular weight is 382 g/mol. The van der Waals surface area contributed by atoms with Crippen LogP contribution in [0.15, 0.2) is 18.2 Å². The minimum atomic E-state index is -0.195. The number of benzene rings is 1. The Morgan fingerprint density at radius 3 is 2.27 bits per heavy atom. The van der Waals surface area contributed by atoms with Gasteiger partial charge in [-0.2, -0.15) is 0 Å². The molecule has 1 aliphatic rings. The first-order chi connectivity index (χ1) is 12.3. The Hall–Kier alpha value is -2.28. The van der Waals surface area contributed by atoms with Gasteiger partial charge in [0.15, 0.2) is 0 Å². The Morgan fingerprint density at radius 2 is 1.73 bits per heavy atom. The van der Waals surface area contributed by atoms with Crippen molar-refractivity contribution < 1.29 is 19.1 Å². The van der Waals surface area contributed by atoms with Crippen LogP contribution < -0.4 is 9.64 Å². The summed E-state index contributed by atoms with van der Waals surface area (Å²) in [5.41, 5.74) is 0.543. The van der Waals surface area contributed by atoms with E-state index in [1.165, 1.54) is 25.9 Å². The fourth-order valence-electron chi connectivity index (χ4n) is 2.96. The van der Waals surface area contributed by atoms with Gasteiger partial charge in [0.25, 0.3) is 0 Å². The number of carbonyl (C=O) groups is 3. The molecule has 1 saturated heterocycles. The number of ether oxygens (including phenoxy) is 1. The second-order valence-electron chi connectivity index (χ2n) is 6.12. The minimum Gasteiger partial charge on any atom is -0.495 e. The van der Waals surface area contributed by atoms with E-state index in [9.17, 15) is 14.4 Å². The largest absolute Gasteiger partial charge is 0.495 e. The number of hydrogen-bond acceptors (Lipinski definition) is 4. The Kier molecular flexibility index (Phi) is 6.85. The molecule has 2 rings (SSSR count). The standard InChI is InChI=1S/C18H24ClN3O4/c1-13(23)20-8-10-21(11-9-20)18(25)6-7-22(14(2)24)16-12-15(19)4-5-17(16)26-3/h4-5,12H,6-11H2,1-3H3. The number of rotatable bonds is 5. The Bertz CT molecular complexity index is 687. The molecule has 1 fully saturated rings. The van der Waals surface area contributed by atoms with Gasteiger partial charge in [0.1, 0.15) is 5.75 Å². The molecule has 0 saturated carbocycles. The molecule has 1 aromatic rings. The number of halogens is 1. The van der Waals surface area contributed by atoms with Gasteiger partial charge in [0, 0.05) is 58.0 Å². The SMILES string of the molecule is COc1ccc(Cl)cc1N(CCC(=O)N1CCN(C(C)=O)CC1)C(C)=O. The summed E-state index contributed by atoms with van der Waals surface area (Å²) in [6.45, 7) is 5.31. The molecule has 0 atom stereocenters. The maximum Gasteiger partial charge on any atom is 0.224 e. The van der Waals surface area contributed by atoms with Crippen LogP contribution in [0.4, 0.5) is 5.69 Å². The monoisotopic (exact) mass is 381 g/mol. The predicted octanol–water partition coefficient (Wildman–Crippen LogP) is 1.78. The number of carbonyl (C=O) groups excluding carboxylic acids is 3. The zero-order valence-electron chi connectivity index (χ0n) is 15.3. The van der Waals surface area contributed by atoms with Crippen LogP contribution in [-0.2, 0) is 14.4 Å². The number of nitrogens with zero attached hydrogens (tertiary/aromatic N) is 3. The first-order valence-corrected chi connectivity index (χ1v) is 8.86. The fraction of sp³-hybridized carbons (Fsp3) is 0.500. The molecule has 142 valence electrons. The molecule has 0 N–H and O–H groups in total. The lowest BCUT2D eigenvalue weighted by atomic mass is 10.2. The molecule has 0 radical (unpaired) electrons. The number of anilines is 1. The van der Waals surface area contributed by atoms with Crippen molar-refractivity contribution in [2.45, 2.75) is 20.3 Å². The molecule has 0 spiro atoms. The Balaban J connectivity index is 2.01. The second kappa shape index (κ2) is 8.89. The van der Waals surface area contributed by atoms with Crippen LogP contribution in [0.1, 0.15) is 20.3 Å². The molecule has 0 aromatic heterocycles. The summed E-state index contributed by atoms with van der Waals surface area (Å²) in [4.78, 5) is 40.9. The van der Waals surface area contributed by atoms with Gasteiger partial charge in [-0.05, 0) is 18.2 Å². The van der Waals surface area contributed by atoms with Gasteiger partial charge < -0.3 is 19.4 Å². The molecule has 8 heteroatoms. The van der Waals surface area contributed by atoms with Crippen molar-refractivity contribution in [3.8, 4) is 5.75 Å². The van der Waals surface area contributed by atoms with E-state index in [0.717, 1.165) is 0 Å². The normalized spacial score (nSPS) is 14.2. The maximum absolute atomic E-state index is 12.5. The molecule has 0 bridgehead atoms. The van der Waals surface area contributed by atoms with Crippen molar-refractivity contribution in [3.63, 3.8) is 0 Å². The third-order valence-corrected chi connectivity index (χ3v) is 4.67. The molecule has 1 aliphatic heterocycles. The van der Waals surface area contributed by atoms with E-state index in [1.807, 2.05) is 0 Å². The first kappa shape index (κ1) is 20.0. The van der Waals surface area contributed by atoms with Gasteiger partial charge in [-0.25, -0.2) is 0 Å². The van der Waals surface area contributed by atoms with Crippen molar-refractivity contribution in [1.29, 1.82) is 0 Å². The maximum atomic E-state index is 12.5. The molecule has 3 amide bonds. The van der Waals surface area contributed by atoms with E-state index in [4.69, 9.17) is 16.3 Å². The van der Waals surface area contributed by atoms with Crippen LogP contribution in [0.2, 0.25) is 5.02 Å². The molecule has 1 aromatic carbocycles. The first-order valence-electron chi connectivity index (χ1n) is 8.48. The molecular formula is C18H24ClN3O4. The lowest BCUT2D eigenvalue weighted by Crippen LogP contribution is -2.50. The van der Waals surface area contributed by atoms with Crippen LogP contribution in [0.5, 0.6) is 5.75 Å². The molecular weight excluding hydrogens is 358 g/mol. The zero-order valence-corrected chi connectivity index (χ0v) is 16.1. The molecule has 7 nitrogen and oxygen atoms in total. The van der Waals surface area contributed by atoms with Crippen molar-refractivity contribution in [1.82, 2.24) is 9.80 Å². The average Bonchev–Trinajstić information content (AvgIpc) is 2.61. The van der Waals surface area contributed by atoms with E-state index in [2.05, 4.69) is 0 Å². The summed E-state index contributed by atoms with van der Waals surface area (Å²) in [5.74, 6) is 0.306. The molecule has 0 aliphatic carbocycles. The minimum absolute atomic E-state index is 0.0212. The van der Waals surface area contributed by atoms with E-state index in [-0.39, 0.29) is 30.7 Å². The van der Waals surface area contributed by atoms with Gasteiger partial charge in [-0.1, -0.05) is 11.6 Å². The van der Waals surface area contributed by atoms with Crippen LogP contribution in [-0.4, -0.2) is 67.4 Å². The van der Waals surface area contributed by atoms with E-state index >= 15 is 0 Å². The summed E-state index contributed by atoms with van der Waals surface area (Å²) in [6, 6.07) is 5.02. The Labute approximate surface area is 158 Å². The zero-order chi connectivity index (χ0) is 19.3. The molecule has 0 unspecified atom stereocenters. The molecule has 26 heavy (non-hydrogen) atoms. The van der Waals surface area contributed by atoms with Crippen molar-refractivity contribution in [3.05, 3.63) is 23.2 Å². The van der Waals surface area contributed by atoms with Crippen molar-refractivity contribution in [2.24, 2.45) is 0 Å².